The second kappa shape index (κ2) is 6.70. The summed E-state index contributed by atoms with van der Waals surface area (Å²) in [5.41, 5.74) is -1.19. The minimum atomic E-state index is -1.87. The molecule has 0 amide bonds. The molecule has 88 valence electrons. The zero-order valence-corrected chi connectivity index (χ0v) is 8.24. The molecule has 0 aliphatic heterocycles. The van der Waals surface area contributed by atoms with Gasteiger partial charge in [0.15, 0.2) is 6.29 Å². The summed E-state index contributed by atoms with van der Waals surface area (Å²) >= 11 is 4.77. The van der Waals surface area contributed by atoms with Crippen molar-refractivity contribution in [3.8, 4) is 0 Å². The van der Waals surface area contributed by atoms with Crippen LogP contribution in [0.15, 0.2) is 0 Å². The number of aldehydes is 1. The molecule has 0 saturated heterocycles. The predicted octanol–water partition coefficient (Wildman–Crippen LogP) is -2.00. The second-order valence-corrected chi connectivity index (χ2v) is 3.03. The predicted molar refractivity (Wildman–Crippen MR) is 47.3 cm³/mol. The summed E-state index contributed by atoms with van der Waals surface area (Å²) in [6.07, 6.45) is -7.19. The molecule has 0 saturated carbocycles. The molecular formula is C7H11ClO7. The minimum Gasteiger partial charge on any atom is -0.451 e. The van der Waals surface area contributed by atoms with Crippen LogP contribution in [0.3, 0.4) is 0 Å². The van der Waals surface area contributed by atoms with Crippen LogP contribution in [0.2, 0.25) is 0 Å². The Hall–Kier alpha value is -0.730. The Bertz CT molecular complexity index is 221. The van der Waals surface area contributed by atoms with E-state index >= 15 is 0 Å². The van der Waals surface area contributed by atoms with Crippen molar-refractivity contribution in [2.45, 2.75) is 24.4 Å². The highest BCUT2D eigenvalue weighted by atomic mass is 35.5. The Kier molecular flexibility index (Phi) is 6.37. The van der Waals surface area contributed by atoms with Crippen LogP contribution in [-0.2, 0) is 9.53 Å². The number of ether oxygens (including phenoxy) is 1. The Balaban J connectivity index is 4.11. The highest BCUT2D eigenvalue weighted by Crippen LogP contribution is 2.05. The van der Waals surface area contributed by atoms with Crippen LogP contribution in [0.25, 0.3) is 0 Å². The SMILES string of the molecule is O=C[C@H](O)[C@@H](O)[C@@H](O)[C@H](O)COC(=O)Cl. The van der Waals surface area contributed by atoms with Gasteiger partial charge in [0.1, 0.15) is 31.0 Å². The van der Waals surface area contributed by atoms with Crippen molar-refractivity contribution in [1.82, 2.24) is 0 Å². The van der Waals surface area contributed by atoms with Crippen LogP contribution < -0.4 is 0 Å². The average molecular weight is 243 g/mol. The lowest BCUT2D eigenvalue weighted by atomic mass is 10.0. The summed E-state index contributed by atoms with van der Waals surface area (Å²) in [5.74, 6) is 0. The smallest absolute Gasteiger partial charge is 0.403 e. The maximum atomic E-state index is 10.1. The normalized spacial score (nSPS) is 18.7. The van der Waals surface area contributed by atoms with E-state index in [0.29, 0.717) is 0 Å². The highest BCUT2D eigenvalue weighted by molar-refractivity contribution is 6.61. The summed E-state index contributed by atoms with van der Waals surface area (Å²) < 4.78 is 4.12. The Labute approximate surface area is 89.8 Å². The van der Waals surface area contributed by atoms with Crippen molar-refractivity contribution < 1.29 is 34.8 Å². The number of hydrogen-bond donors (Lipinski definition) is 4. The van der Waals surface area contributed by atoms with Crippen LogP contribution in [-0.4, -0.2) is 63.2 Å². The molecule has 0 aromatic rings. The number of rotatable bonds is 6. The van der Waals surface area contributed by atoms with Gasteiger partial charge in [0.05, 0.1) is 0 Å². The van der Waals surface area contributed by atoms with E-state index in [1.807, 2.05) is 0 Å². The molecule has 15 heavy (non-hydrogen) atoms. The Morgan fingerprint density at radius 1 is 1.27 bits per heavy atom. The summed E-state index contributed by atoms with van der Waals surface area (Å²) in [6, 6.07) is 0. The molecule has 0 aliphatic carbocycles. The summed E-state index contributed by atoms with van der Waals surface area (Å²) in [6.45, 7) is -0.661. The number of carbonyl (C=O) groups is 2. The molecule has 0 unspecified atom stereocenters. The molecule has 0 rings (SSSR count). The number of carbonyl (C=O) groups excluding carboxylic acids is 2. The summed E-state index contributed by atoms with van der Waals surface area (Å²) in [7, 11) is 0. The third kappa shape index (κ3) is 5.05. The van der Waals surface area contributed by atoms with E-state index in [-0.39, 0.29) is 6.29 Å². The van der Waals surface area contributed by atoms with Gasteiger partial charge < -0.3 is 30.0 Å². The second-order valence-electron chi connectivity index (χ2n) is 2.72. The van der Waals surface area contributed by atoms with Gasteiger partial charge in [-0.2, -0.15) is 0 Å². The zero-order valence-electron chi connectivity index (χ0n) is 7.49. The van der Waals surface area contributed by atoms with Gasteiger partial charge in [0.25, 0.3) is 0 Å². The third-order valence-corrected chi connectivity index (χ3v) is 1.71. The molecule has 4 N–H and O–H groups in total. The zero-order chi connectivity index (χ0) is 12.0. The van der Waals surface area contributed by atoms with Gasteiger partial charge in [-0.05, 0) is 0 Å². The van der Waals surface area contributed by atoms with Gasteiger partial charge in [0.2, 0.25) is 0 Å². The van der Waals surface area contributed by atoms with Gasteiger partial charge in [-0.3, -0.25) is 0 Å². The molecule has 0 bridgehead atoms. The van der Waals surface area contributed by atoms with Gasteiger partial charge in [-0.15, -0.1) is 0 Å². The first-order valence-corrected chi connectivity index (χ1v) is 4.27. The Morgan fingerprint density at radius 2 is 1.80 bits per heavy atom. The van der Waals surface area contributed by atoms with Gasteiger partial charge in [-0.1, -0.05) is 0 Å². The van der Waals surface area contributed by atoms with E-state index in [0.717, 1.165) is 0 Å². The van der Waals surface area contributed by atoms with Gasteiger partial charge in [0, 0.05) is 11.6 Å². The average Bonchev–Trinajstić information content (AvgIpc) is 2.22. The van der Waals surface area contributed by atoms with Crippen molar-refractivity contribution in [3.05, 3.63) is 0 Å². The topological polar surface area (TPSA) is 124 Å². The molecule has 0 heterocycles. The van der Waals surface area contributed by atoms with Crippen molar-refractivity contribution in [3.63, 3.8) is 0 Å². The van der Waals surface area contributed by atoms with Crippen LogP contribution in [0.4, 0.5) is 4.79 Å². The van der Waals surface area contributed by atoms with E-state index in [2.05, 4.69) is 4.74 Å². The van der Waals surface area contributed by atoms with Crippen molar-refractivity contribution in [2.24, 2.45) is 0 Å². The van der Waals surface area contributed by atoms with Crippen LogP contribution in [0, 0.1) is 0 Å². The minimum absolute atomic E-state index is 0.00579. The monoisotopic (exact) mass is 242 g/mol. The lowest BCUT2D eigenvalue weighted by Gasteiger charge is -2.23. The summed E-state index contributed by atoms with van der Waals surface area (Å²) in [4.78, 5) is 20.1. The van der Waals surface area contributed by atoms with Crippen LogP contribution in [0.1, 0.15) is 0 Å². The quantitative estimate of drug-likeness (QED) is 0.314. The maximum absolute atomic E-state index is 10.1. The number of aliphatic hydroxyl groups is 4. The van der Waals surface area contributed by atoms with Crippen LogP contribution in [0.5, 0.6) is 0 Å². The highest BCUT2D eigenvalue weighted by Gasteiger charge is 2.30. The van der Waals surface area contributed by atoms with E-state index in [9.17, 15) is 9.59 Å². The number of aliphatic hydroxyl groups excluding tert-OH is 4. The molecule has 0 aromatic heterocycles. The van der Waals surface area contributed by atoms with Crippen molar-refractivity contribution >= 4 is 23.3 Å². The number of halogens is 1. The largest absolute Gasteiger partial charge is 0.451 e. The summed E-state index contributed by atoms with van der Waals surface area (Å²) in [5, 5.41) is 36.1. The molecule has 4 atom stereocenters. The van der Waals surface area contributed by atoms with E-state index in [1.165, 1.54) is 0 Å². The molecule has 0 aliphatic rings. The third-order valence-electron chi connectivity index (χ3n) is 1.60. The fourth-order valence-corrected chi connectivity index (χ4v) is 0.823. The van der Waals surface area contributed by atoms with Gasteiger partial charge in [-0.25, -0.2) is 4.79 Å². The van der Waals surface area contributed by atoms with Gasteiger partial charge >= 0.3 is 5.43 Å². The van der Waals surface area contributed by atoms with Crippen molar-refractivity contribution in [1.29, 1.82) is 0 Å². The van der Waals surface area contributed by atoms with Crippen molar-refractivity contribution in [2.75, 3.05) is 6.61 Å². The first-order chi connectivity index (χ1) is 6.90. The van der Waals surface area contributed by atoms with E-state index in [4.69, 9.17) is 32.0 Å². The Morgan fingerprint density at radius 3 is 2.20 bits per heavy atom. The maximum Gasteiger partial charge on any atom is 0.403 e. The molecule has 0 spiro atoms. The molecule has 0 fully saturated rings. The fraction of sp³-hybridized carbons (Fsp3) is 0.714. The molecule has 8 heteroatoms. The molecule has 0 aromatic carbocycles. The van der Waals surface area contributed by atoms with E-state index < -0.39 is 36.5 Å². The molecule has 7 nitrogen and oxygen atoms in total. The first kappa shape index (κ1) is 14.3. The lowest BCUT2D eigenvalue weighted by Crippen LogP contribution is -2.46. The molecular weight excluding hydrogens is 232 g/mol. The van der Waals surface area contributed by atoms with Crippen LogP contribution >= 0.6 is 11.6 Å². The standard InChI is InChI=1S/C7H11ClO7/c8-7(14)15-2-4(11)6(13)5(12)3(10)1-9/h1,3-6,10-13H,2H2/t3-,4+,5+,6-/m0/s1. The number of hydrogen-bond acceptors (Lipinski definition) is 7. The van der Waals surface area contributed by atoms with E-state index in [1.54, 1.807) is 0 Å². The first-order valence-electron chi connectivity index (χ1n) is 3.90. The fourth-order valence-electron chi connectivity index (χ4n) is 0.760. The molecule has 0 radical (unpaired) electrons. The lowest BCUT2D eigenvalue weighted by molar-refractivity contribution is -0.136.